The van der Waals surface area contributed by atoms with Gasteiger partial charge in [0.15, 0.2) is 9.84 Å². The lowest BCUT2D eigenvalue weighted by Crippen LogP contribution is -2.28. The molecule has 2 rings (SSSR count). The molecule has 0 aliphatic rings. The lowest BCUT2D eigenvalue weighted by atomic mass is 10.2. The summed E-state index contributed by atoms with van der Waals surface area (Å²) >= 11 is 0. The predicted octanol–water partition coefficient (Wildman–Crippen LogP) is 2.54. The van der Waals surface area contributed by atoms with Crippen LogP contribution in [0.15, 0.2) is 53.7 Å². The topological polar surface area (TPSA) is 67.3 Å². The molecule has 6 heteroatoms. The maximum atomic E-state index is 12.7. The first-order valence-corrected chi connectivity index (χ1v) is 8.86. The molecule has 122 valence electrons. The highest BCUT2D eigenvalue weighted by atomic mass is 32.2. The van der Waals surface area contributed by atoms with E-state index in [1.54, 1.807) is 57.6 Å². The number of pyridine rings is 1. The quantitative estimate of drug-likeness (QED) is 0.844. The molecule has 0 aliphatic carbocycles. The minimum atomic E-state index is -3.52. The largest absolute Gasteiger partial charge is 0.337 e. The summed E-state index contributed by atoms with van der Waals surface area (Å²) < 4.78 is 24.9. The fourth-order valence-electron chi connectivity index (χ4n) is 2.19. The van der Waals surface area contributed by atoms with Crippen molar-refractivity contribution in [2.75, 3.05) is 7.05 Å². The number of nitrogens with zero attached hydrogens (tertiary/aromatic N) is 2. The average Bonchev–Trinajstić information content (AvgIpc) is 2.55. The lowest BCUT2D eigenvalue weighted by molar-refractivity contribution is 0.0781. The fourth-order valence-corrected chi connectivity index (χ4v) is 3.43. The van der Waals surface area contributed by atoms with Gasteiger partial charge in [-0.1, -0.05) is 18.2 Å². The third-order valence-electron chi connectivity index (χ3n) is 3.53. The highest BCUT2D eigenvalue weighted by Crippen LogP contribution is 2.22. The minimum absolute atomic E-state index is 0.0815. The molecule has 0 unspecified atom stereocenters. The van der Waals surface area contributed by atoms with E-state index in [2.05, 4.69) is 4.98 Å². The first-order valence-electron chi connectivity index (χ1n) is 7.31. The van der Waals surface area contributed by atoms with Crippen molar-refractivity contribution in [3.8, 4) is 0 Å². The van der Waals surface area contributed by atoms with Gasteiger partial charge in [-0.2, -0.15) is 0 Å². The van der Waals surface area contributed by atoms with Crippen molar-refractivity contribution in [2.24, 2.45) is 0 Å². The van der Waals surface area contributed by atoms with Gasteiger partial charge in [0.2, 0.25) is 0 Å². The van der Waals surface area contributed by atoms with Crippen molar-refractivity contribution in [1.29, 1.82) is 0 Å². The zero-order chi connectivity index (χ0) is 17.0. The number of carbonyl (C=O) groups excluding carboxylic acids is 1. The minimum Gasteiger partial charge on any atom is -0.337 e. The molecule has 23 heavy (non-hydrogen) atoms. The Morgan fingerprint density at radius 2 is 1.87 bits per heavy atom. The Balaban J connectivity index is 2.33. The van der Waals surface area contributed by atoms with Crippen molar-refractivity contribution in [3.05, 3.63) is 59.9 Å². The van der Waals surface area contributed by atoms with Crippen LogP contribution in [0.1, 0.15) is 29.8 Å². The van der Waals surface area contributed by atoms with Crippen LogP contribution in [0.4, 0.5) is 0 Å². The maximum Gasteiger partial charge on any atom is 0.255 e. The van der Waals surface area contributed by atoms with Crippen LogP contribution in [0.5, 0.6) is 0 Å². The van der Waals surface area contributed by atoms with E-state index in [0.717, 1.165) is 5.56 Å². The van der Waals surface area contributed by atoms with E-state index in [-0.39, 0.29) is 16.4 Å². The van der Waals surface area contributed by atoms with E-state index in [0.29, 0.717) is 6.54 Å². The molecule has 5 nitrogen and oxygen atoms in total. The van der Waals surface area contributed by atoms with Crippen molar-refractivity contribution in [3.63, 3.8) is 0 Å². The van der Waals surface area contributed by atoms with Crippen LogP contribution in [0.25, 0.3) is 0 Å². The van der Waals surface area contributed by atoms with Gasteiger partial charge in [0, 0.05) is 26.0 Å². The van der Waals surface area contributed by atoms with Gasteiger partial charge in [-0.25, -0.2) is 8.42 Å². The smallest absolute Gasteiger partial charge is 0.255 e. The summed E-state index contributed by atoms with van der Waals surface area (Å²) in [5.74, 6) is -0.325. The molecule has 0 atom stereocenters. The zero-order valence-electron chi connectivity index (χ0n) is 13.4. The molecule has 0 saturated carbocycles. The van der Waals surface area contributed by atoms with Gasteiger partial charge in [0.1, 0.15) is 0 Å². The number of sulfone groups is 1. The first kappa shape index (κ1) is 17.1. The second-order valence-electron chi connectivity index (χ2n) is 5.61. The molecule has 0 fully saturated rings. The molecule has 1 amide bonds. The summed E-state index contributed by atoms with van der Waals surface area (Å²) in [6.45, 7) is 3.58. The van der Waals surface area contributed by atoms with E-state index < -0.39 is 15.1 Å². The van der Waals surface area contributed by atoms with E-state index in [9.17, 15) is 13.2 Å². The Kier molecular flexibility index (Phi) is 5.15. The lowest BCUT2D eigenvalue weighted by Gasteiger charge is -2.19. The van der Waals surface area contributed by atoms with Crippen LogP contribution in [0.2, 0.25) is 0 Å². The third-order valence-corrected chi connectivity index (χ3v) is 5.74. The summed E-state index contributed by atoms with van der Waals surface area (Å²) in [5.41, 5.74) is 1.08. The molecule has 0 saturated heterocycles. The Bertz CT molecular complexity index is 786. The Labute approximate surface area is 136 Å². The molecular weight excluding hydrogens is 312 g/mol. The van der Waals surface area contributed by atoms with Gasteiger partial charge < -0.3 is 4.90 Å². The summed E-state index contributed by atoms with van der Waals surface area (Å²) in [5, 5.41) is -0.583. The van der Waals surface area contributed by atoms with Crippen LogP contribution < -0.4 is 0 Å². The van der Waals surface area contributed by atoms with E-state index in [1.807, 2.05) is 6.07 Å². The summed E-state index contributed by atoms with van der Waals surface area (Å²) in [6.07, 6.45) is 3.34. The van der Waals surface area contributed by atoms with Crippen molar-refractivity contribution >= 4 is 15.7 Å². The molecule has 1 heterocycles. The van der Waals surface area contributed by atoms with Gasteiger partial charge in [-0.05, 0) is 37.6 Å². The Morgan fingerprint density at radius 3 is 2.48 bits per heavy atom. The normalized spacial score (nSPS) is 11.5. The van der Waals surface area contributed by atoms with Gasteiger partial charge in [-0.3, -0.25) is 9.78 Å². The van der Waals surface area contributed by atoms with E-state index in [4.69, 9.17) is 0 Å². The van der Waals surface area contributed by atoms with Crippen molar-refractivity contribution in [2.45, 2.75) is 30.5 Å². The molecule has 0 radical (unpaired) electrons. The van der Waals surface area contributed by atoms with Gasteiger partial charge in [0.25, 0.3) is 5.91 Å². The number of hydrogen-bond acceptors (Lipinski definition) is 4. The maximum absolute atomic E-state index is 12.7. The summed E-state index contributed by atoms with van der Waals surface area (Å²) in [4.78, 5) is 18.3. The van der Waals surface area contributed by atoms with Crippen LogP contribution >= 0.6 is 0 Å². The molecule has 0 aliphatic heterocycles. The van der Waals surface area contributed by atoms with Crippen LogP contribution in [0, 0.1) is 0 Å². The molecule has 0 bridgehead atoms. The second kappa shape index (κ2) is 6.91. The average molecular weight is 332 g/mol. The molecule has 1 aromatic carbocycles. The van der Waals surface area contributed by atoms with Gasteiger partial charge >= 0.3 is 0 Å². The summed E-state index contributed by atoms with van der Waals surface area (Å²) in [6, 6.07) is 10.0. The number of carbonyl (C=O) groups is 1. The number of rotatable bonds is 5. The van der Waals surface area contributed by atoms with E-state index >= 15 is 0 Å². The van der Waals surface area contributed by atoms with Crippen LogP contribution in [-0.4, -0.2) is 36.5 Å². The van der Waals surface area contributed by atoms with Crippen molar-refractivity contribution in [1.82, 2.24) is 9.88 Å². The molecule has 2 aromatic rings. The number of benzene rings is 1. The SMILES string of the molecule is CC(C)S(=O)(=O)c1ccccc1C(=O)N(C)Cc1cccnc1. The standard InChI is InChI=1S/C17H20N2O3S/c1-13(2)23(21,22)16-9-5-4-8-15(16)17(20)19(3)12-14-7-6-10-18-11-14/h4-11,13H,12H2,1-3H3. The first-order chi connectivity index (χ1) is 10.8. The Hall–Kier alpha value is -2.21. The van der Waals surface area contributed by atoms with Gasteiger partial charge in [0.05, 0.1) is 15.7 Å². The van der Waals surface area contributed by atoms with Crippen LogP contribution in [-0.2, 0) is 16.4 Å². The molecular formula is C17H20N2O3S. The monoisotopic (exact) mass is 332 g/mol. The highest BCUT2D eigenvalue weighted by molar-refractivity contribution is 7.92. The van der Waals surface area contributed by atoms with E-state index in [1.165, 1.54) is 11.0 Å². The second-order valence-corrected chi connectivity index (χ2v) is 8.09. The zero-order valence-corrected chi connectivity index (χ0v) is 14.2. The third kappa shape index (κ3) is 3.76. The van der Waals surface area contributed by atoms with Crippen molar-refractivity contribution < 1.29 is 13.2 Å². The molecule has 0 N–H and O–H groups in total. The summed E-state index contributed by atoms with van der Waals surface area (Å²) in [7, 11) is -1.87. The molecule has 0 spiro atoms. The van der Waals surface area contributed by atoms with Crippen LogP contribution in [0.3, 0.4) is 0 Å². The predicted molar refractivity (Wildman–Crippen MR) is 88.8 cm³/mol. The number of aromatic nitrogens is 1. The molecule has 1 aromatic heterocycles. The Morgan fingerprint density at radius 1 is 1.17 bits per heavy atom. The fraction of sp³-hybridized carbons (Fsp3) is 0.294. The number of amides is 1. The van der Waals surface area contributed by atoms with Gasteiger partial charge in [-0.15, -0.1) is 0 Å². The highest BCUT2D eigenvalue weighted by Gasteiger charge is 2.26. The number of hydrogen-bond donors (Lipinski definition) is 0.